The molecule has 2 N–H and O–H groups in total. The second-order valence-corrected chi connectivity index (χ2v) is 7.28. The number of amides is 1. The Bertz CT molecular complexity index is 1010. The van der Waals surface area contributed by atoms with Crippen LogP contribution in [-0.2, 0) is 9.53 Å². The number of nitrogens with one attached hydrogen (secondary N) is 1. The third-order valence-corrected chi connectivity index (χ3v) is 4.95. The van der Waals surface area contributed by atoms with Crippen molar-refractivity contribution in [3.8, 4) is 5.75 Å². The van der Waals surface area contributed by atoms with Gasteiger partial charge in [-0.3, -0.25) is 9.78 Å². The molecular weight excluding hydrogens is 354 g/mol. The summed E-state index contributed by atoms with van der Waals surface area (Å²) in [5.41, 5.74) is 1.21. The summed E-state index contributed by atoms with van der Waals surface area (Å²) in [7, 11) is 0. The third kappa shape index (κ3) is 3.20. The second-order valence-electron chi connectivity index (χ2n) is 6.23. The van der Waals surface area contributed by atoms with Gasteiger partial charge in [-0.05, 0) is 39.8 Å². The molecule has 0 fully saturated rings. The Morgan fingerprint density at radius 2 is 2.04 bits per heavy atom. The molecule has 26 heavy (non-hydrogen) atoms. The monoisotopic (exact) mass is 373 g/mol. The standard InChI is InChI=1S/C18H19N3O4S/c1-8(2)25-18(24)10(4)21-17(23)14-15(22)16-12(9(3)20-14)13-11(26-16)6-5-7-19-13/h5-8,10,22H,1-4H3,(H,21,23). The van der Waals surface area contributed by atoms with Gasteiger partial charge >= 0.3 is 5.97 Å². The summed E-state index contributed by atoms with van der Waals surface area (Å²) in [6.45, 7) is 6.74. The highest BCUT2D eigenvalue weighted by molar-refractivity contribution is 7.26. The Morgan fingerprint density at radius 3 is 2.73 bits per heavy atom. The fourth-order valence-corrected chi connectivity index (χ4v) is 3.79. The predicted molar refractivity (Wildman–Crippen MR) is 99.5 cm³/mol. The number of esters is 1. The molecule has 0 spiro atoms. The lowest BCUT2D eigenvalue weighted by atomic mass is 10.1. The molecule has 3 aromatic rings. The molecule has 0 aliphatic carbocycles. The van der Waals surface area contributed by atoms with E-state index in [9.17, 15) is 14.7 Å². The summed E-state index contributed by atoms with van der Waals surface area (Å²) < 4.78 is 6.52. The quantitative estimate of drug-likeness (QED) is 0.682. The van der Waals surface area contributed by atoms with E-state index in [4.69, 9.17) is 4.74 Å². The number of hydrogen-bond donors (Lipinski definition) is 2. The van der Waals surface area contributed by atoms with E-state index in [2.05, 4.69) is 15.3 Å². The van der Waals surface area contributed by atoms with Gasteiger partial charge in [0.05, 0.1) is 21.0 Å². The molecule has 0 saturated heterocycles. The second kappa shape index (κ2) is 6.87. The van der Waals surface area contributed by atoms with Gasteiger partial charge in [0.1, 0.15) is 6.04 Å². The van der Waals surface area contributed by atoms with E-state index in [0.717, 1.165) is 15.6 Å². The minimum atomic E-state index is -0.855. The van der Waals surface area contributed by atoms with Crippen LogP contribution < -0.4 is 5.32 Å². The van der Waals surface area contributed by atoms with E-state index >= 15 is 0 Å². The van der Waals surface area contributed by atoms with E-state index in [1.807, 2.05) is 12.1 Å². The third-order valence-electron chi connectivity index (χ3n) is 3.80. The zero-order valence-electron chi connectivity index (χ0n) is 14.9. The van der Waals surface area contributed by atoms with Crippen LogP contribution in [0.1, 0.15) is 37.0 Å². The van der Waals surface area contributed by atoms with Crippen molar-refractivity contribution < 1.29 is 19.4 Å². The minimum absolute atomic E-state index is 0.120. The van der Waals surface area contributed by atoms with Crippen molar-refractivity contribution >= 4 is 43.5 Å². The first-order valence-corrected chi connectivity index (χ1v) is 8.99. The Morgan fingerprint density at radius 1 is 1.31 bits per heavy atom. The Balaban J connectivity index is 1.98. The van der Waals surface area contributed by atoms with Crippen LogP contribution in [0.4, 0.5) is 0 Å². The first-order chi connectivity index (χ1) is 12.3. The summed E-state index contributed by atoms with van der Waals surface area (Å²) in [6.07, 6.45) is 1.39. The van der Waals surface area contributed by atoms with Gasteiger partial charge < -0.3 is 15.2 Å². The molecular formula is C18H19N3O4S. The molecule has 0 aliphatic rings. The highest BCUT2D eigenvalue weighted by Gasteiger charge is 2.25. The van der Waals surface area contributed by atoms with Gasteiger partial charge in [0.2, 0.25) is 0 Å². The average molecular weight is 373 g/mol. The van der Waals surface area contributed by atoms with Crippen molar-refractivity contribution in [1.29, 1.82) is 0 Å². The lowest BCUT2D eigenvalue weighted by molar-refractivity contribution is -0.149. The highest BCUT2D eigenvalue weighted by Crippen LogP contribution is 2.40. The Labute approximate surface area is 154 Å². The molecule has 3 rings (SSSR count). The fourth-order valence-electron chi connectivity index (χ4n) is 2.63. The maximum absolute atomic E-state index is 12.5. The number of pyridine rings is 2. The van der Waals surface area contributed by atoms with Crippen molar-refractivity contribution in [3.05, 3.63) is 29.7 Å². The number of nitrogens with zero attached hydrogens (tertiary/aromatic N) is 2. The number of hydrogen-bond acceptors (Lipinski definition) is 7. The maximum atomic E-state index is 12.5. The van der Waals surface area contributed by atoms with Crippen molar-refractivity contribution in [1.82, 2.24) is 15.3 Å². The minimum Gasteiger partial charge on any atom is -0.504 e. The van der Waals surface area contributed by atoms with Crippen molar-refractivity contribution in [2.24, 2.45) is 0 Å². The predicted octanol–water partition coefficient (Wildman–Crippen LogP) is 2.93. The number of carbonyl (C=O) groups is 2. The van der Waals surface area contributed by atoms with Crippen LogP contribution >= 0.6 is 11.3 Å². The van der Waals surface area contributed by atoms with Crippen LogP contribution in [0.3, 0.4) is 0 Å². The van der Waals surface area contributed by atoms with Crippen molar-refractivity contribution in [3.63, 3.8) is 0 Å². The topological polar surface area (TPSA) is 101 Å². The van der Waals surface area contributed by atoms with Gasteiger partial charge in [0, 0.05) is 17.3 Å². The van der Waals surface area contributed by atoms with Gasteiger partial charge in [-0.25, -0.2) is 9.78 Å². The van der Waals surface area contributed by atoms with Crippen LogP contribution in [0, 0.1) is 6.92 Å². The zero-order valence-corrected chi connectivity index (χ0v) is 15.7. The lowest BCUT2D eigenvalue weighted by Crippen LogP contribution is -2.40. The number of thiophene rings is 1. The van der Waals surface area contributed by atoms with Gasteiger partial charge in [0.25, 0.3) is 5.91 Å². The molecule has 3 aromatic heterocycles. The molecule has 0 saturated carbocycles. The summed E-state index contributed by atoms with van der Waals surface area (Å²) in [6, 6.07) is 2.86. The number of aromatic nitrogens is 2. The molecule has 7 nitrogen and oxygen atoms in total. The normalized spacial score (nSPS) is 12.5. The number of aromatic hydroxyl groups is 1. The highest BCUT2D eigenvalue weighted by atomic mass is 32.1. The zero-order chi connectivity index (χ0) is 19.0. The molecule has 1 unspecified atom stereocenters. The van der Waals surface area contributed by atoms with Gasteiger partial charge in [-0.1, -0.05) is 0 Å². The number of ether oxygens (including phenoxy) is 1. The Hall–Kier alpha value is -2.74. The van der Waals surface area contributed by atoms with E-state index in [-0.39, 0.29) is 17.5 Å². The lowest BCUT2D eigenvalue weighted by Gasteiger charge is -2.15. The van der Waals surface area contributed by atoms with Gasteiger partial charge in [-0.2, -0.15) is 0 Å². The van der Waals surface area contributed by atoms with Crippen LogP contribution in [0.2, 0.25) is 0 Å². The number of carbonyl (C=O) groups excluding carboxylic acids is 2. The molecule has 136 valence electrons. The largest absolute Gasteiger partial charge is 0.504 e. The molecule has 0 aliphatic heterocycles. The van der Waals surface area contributed by atoms with E-state index in [1.54, 1.807) is 27.0 Å². The molecule has 3 heterocycles. The Kier molecular flexibility index (Phi) is 4.78. The van der Waals surface area contributed by atoms with Crippen LogP contribution in [-0.4, -0.2) is 39.1 Å². The molecule has 0 aromatic carbocycles. The van der Waals surface area contributed by atoms with Crippen molar-refractivity contribution in [2.45, 2.75) is 39.8 Å². The summed E-state index contributed by atoms with van der Waals surface area (Å²) in [5.74, 6) is -1.39. The van der Waals surface area contributed by atoms with Gasteiger partial charge in [-0.15, -0.1) is 11.3 Å². The van der Waals surface area contributed by atoms with Crippen LogP contribution in [0.25, 0.3) is 20.3 Å². The molecule has 1 amide bonds. The SMILES string of the molecule is Cc1nc(C(=O)NC(C)C(=O)OC(C)C)c(O)c2sc3cccnc3c12. The van der Waals surface area contributed by atoms with E-state index in [1.165, 1.54) is 18.3 Å². The first-order valence-electron chi connectivity index (χ1n) is 8.17. The smallest absolute Gasteiger partial charge is 0.328 e. The molecule has 0 bridgehead atoms. The molecule has 0 radical (unpaired) electrons. The fraction of sp³-hybridized carbons (Fsp3) is 0.333. The number of fused-ring (bicyclic) bond motifs is 3. The van der Waals surface area contributed by atoms with Gasteiger partial charge in [0.15, 0.2) is 11.4 Å². The summed E-state index contributed by atoms with van der Waals surface area (Å²) in [4.78, 5) is 33.0. The van der Waals surface area contributed by atoms with Crippen LogP contribution in [0.15, 0.2) is 18.3 Å². The molecule has 1 atom stereocenters. The van der Waals surface area contributed by atoms with Crippen molar-refractivity contribution in [2.75, 3.05) is 0 Å². The number of rotatable bonds is 4. The maximum Gasteiger partial charge on any atom is 0.328 e. The van der Waals surface area contributed by atoms with E-state index < -0.39 is 17.9 Å². The number of aryl methyl sites for hydroxylation is 1. The first kappa shape index (κ1) is 18.1. The van der Waals surface area contributed by atoms with Crippen LogP contribution in [0.5, 0.6) is 5.75 Å². The van der Waals surface area contributed by atoms with E-state index in [0.29, 0.717) is 10.4 Å². The summed E-state index contributed by atoms with van der Waals surface area (Å²) in [5, 5.41) is 13.8. The average Bonchev–Trinajstić information content (AvgIpc) is 2.97. The summed E-state index contributed by atoms with van der Waals surface area (Å²) >= 11 is 1.34. The molecule has 8 heteroatoms.